The molecule has 0 amide bonds. The first-order valence-corrected chi connectivity index (χ1v) is 7.59. The van der Waals surface area contributed by atoms with Crippen LogP contribution in [0, 0.1) is 17.5 Å². The summed E-state index contributed by atoms with van der Waals surface area (Å²) in [6, 6.07) is 0.831. The van der Waals surface area contributed by atoms with Crippen LogP contribution in [0.15, 0.2) is 17.0 Å². The molecule has 0 bridgehead atoms. The molecule has 1 N–H and O–H groups in total. The number of halogens is 4. The average molecular weight is 345 g/mol. The lowest BCUT2D eigenvalue weighted by molar-refractivity contribution is 0.232. The van der Waals surface area contributed by atoms with E-state index in [9.17, 15) is 21.6 Å². The van der Waals surface area contributed by atoms with Gasteiger partial charge >= 0.3 is 0 Å². The molecule has 2 unspecified atom stereocenters. The van der Waals surface area contributed by atoms with Gasteiger partial charge in [0.1, 0.15) is 4.90 Å². The molecule has 1 aromatic carbocycles. The summed E-state index contributed by atoms with van der Waals surface area (Å²) in [5.41, 5.74) is 0. The largest absolute Gasteiger partial charge is 0.311 e. The number of hydrogen-bond acceptors (Lipinski definition) is 3. The minimum atomic E-state index is -4.20. The summed E-state index contributed by atoms with van der Waals surface area (Å²) in [5, 5.41) is 3.09. The molecule has 1 aliphatic heterocycles. The van der Waals surface area contributed by atoms with Crippen LogP contribution in [0.1, 0.15) is 13.8 Å². The fourth-order valence-electron chi connectivity index (χ4n) is 2.20. The number of piperazine rings is 1. The van der Waals surface area contributed by atoms with Gasteiger partial charge in [-0.2, -0.15) is 4.31 Å². The Bertz CT molecular complexity index is 627. The van der Waals surface area contributed by atoms with Gasteiger partial charge in [-0.15, -0.1) is 12.4 Å². The van der Waals surface area contributed by atoms with E-state index in [-0.39, 0.29) is 25.0 Å². The van der Waals surface area contributed by atoms with E-state index < -0.39 is 38.4 Å². The monoisotopic (exact) mass is 344 g/mol. The third-order valence-corrected chi connectivity index (χ3v) is 5.57. The van der Waals surface area contributed by atoms with Crippen LogP contribution < -0.4 is 5.32 Å². The van der Waals surface area contributed by atoms with Gasteiger partial charge in [-0.3, -0.25) is 0 Å². The number of benzene rings is 1. The van der Waals surface area contributed by atoms with Crippen molar-refractivity contribution in [3.05, 3.63) is 29.6 Å². The van der Waals surface area contributed by atoms with Crippen LogP contribution in [0.2, 0.25) is 0 Å². The van der Waals surface area contributed by atoms with Crippen LogP contribution in [0.4, 0.5) is 13.2 Å². The first-order chi connectivity index (χ1) is 9.26. The van der Waals surface area contributed by atoms with E-state index in [2.05, 4.69) is 5.32 Å². The zero-order chi connectivity index (χ0) is 15.1. The normalized spacial score (nSPS) is 23.7. The Morgan fingerprint density at radius 2 is 1.81 bits per heavy atom. The Morgan fingerprint density at radius 3 is 2.43 bits per heavy atom. The number of nitrogens with one attached hydrogen (secondary N) is 1. The molecule has 1 heterocycles. The van der Waals surface area contributed by atoms with Gasteiger partial charge in [-0.05, 0) is 26.0 Å². The fraction of sp³-hybridized carbons (Fsp3) is 0.500. The second-order valence-electron chi connectivity index (χ2n) is 4.77. The van der Waals surface area contributed by atoms with Gasteiger partial charge < -0.3 is 5.32 Å². The van der Waals surface area contributed by atoms with Crippen LogP contribution in [0.3, 0.4) is 0 Å². The Hall–Kier alpha value is -0.830. The summed E-state index contributed by atoms with van der Waals surface area (Å²) < 4.78 is 65.7. The molecule has 0 spiro atoms. The maximum atomic E-state index is 13.7. The molecule has 0 radical (unpaired) electrons. The summed E-state index contributed by atoms with van der Waals surface area (Å²) in [6.07, 6.45) is 0. The van der Waals surface area contributed by atoms with Crippen molar-refractivity contribution in [3.8, 4) is 0 Å². The second kappa shape index (κ2) is 6.51. The Labute approximate surface area is 127 Å². The van der Waals surface area contributed by atoms with Crippen molar-refractivity contribution < 1.29 is 21.6 Å². The SMILES string of the molecule is CC1NCCN(S(=O)(=O)c2ccc(F)c(F)c2F)C1C.Cl. The number of hydrogen-bond donors (Lipinski definition) is 1. The van der Waals surface area contributed by atoms with Crippen molar-refractivity contribution in [2.45, 2.75) is 30.8 Å². The van der Waals surface area contributed by atoms with Crippen molar-refractivity contribution >= 4 is 22.4 Å². The molecular weight excluding hydrogens is 329 g/mol. The summed E-state index contributed by atoms with van der Waals surface area (Å²) in [5.74, 6) is -4.87. The molecule has 2 rings (SSSR count). The van der Waals surface area contributed by atoms with E-state index in [0.717, 1.165) is 10.4 Å². The molecule has 1 saturated heterocycles. The predicted octanol–water partition coefficient (Wildman–Crippen LogP) is 1.90. The van der Waals surface area contributed by atoms with Crippen LogP contribution in [-0.4, -0.2) is 37.9 Å². The van der Waals surface area contributed by atoms with Gasteiger partial charge in [0.05, 0.1) is 0 Å². The molecule has 120 valence electrons. The van der Waals surface area contributed by atoms with E-state index >= 15 is 0 Å². The van der Waals surface area contributed by atoms with Crippen LogP contribution >= 0.6 is 12.4 Å². The maximum absolute atomic E-state index is 13.7. The van der Waals surface area contributed by atoms with Gasteiger partial charge in [-0.25, -0.2) is 21.6 Å². The molecular formula is C12H16ClF3N2O2S. The molecule has 0 saturated carbocycles. The first kappa shape index (κ1) is 18.2. The standard InChI is InChI=1S/C12H15F3N2O2S.ClH/c1-7-8(2)17(6-5-16-7)20(18,19)10-4-3-9(13)11(14)12(10)15;/h3-4,7-8,16H,5-6H2,1-2H3;1H. The molecule has 0 aromatic heterocycles. The zero-order valence-corrected chi connectivity index (χ0v) is 13.1. The maximum Gasteiger partial charge on any atom is 0.246 e. The van der Waals surface area contributed by atoms with Crippen LogP contribution in [-0.2, 0) is 10.0 Å². The van der Waals surface area contributed by atoms with Gasteiger partial charge in [0, 0.05) is 25.2 Å². The highest BCUT2D eigenvalue weighted by Crippen LogP contribution is 2.25. The third-order valence-electron chi connectivity index (χ3n) is 3.56. The van der Waals surface area contributed by atoms with E-state index in [1.807, 2.05) is 0 Å². The molecule has 21 heavy (non-hydrogen) atoms. The first-order valence-electron chi connectivity index (χ1n) is 6.15. The third kappa shape index (κ3) is 3.18. The zero-order valence-electron chi connectivity index (χ0n) is 11.4. The topological polar surface area (TPSA) is 49.4 Å². The molecule has 2 atom stereocenters. The highest BCUT2D eigenvalue weighted by atomic mass is 35.5. The highest BCUT2D eigenvalue weighted by molar-refractivity contribution is 7.89. The van der Waals surface area contributed by atoms with E-state index in [0.29, 0.717) is 12.6 Å². The van der Waals surface area contributed by atoms with E-state index in [4.69, 9.17) is 0 Å². The second-order valence-corrected chi connectivity index (χ2v) is 6.63. The van der Waals surface area contributed by atoms with Crippen LogP contribution in [0.5, 0.6) is 0 Å². The van der Waals surface area contributed by atoms with Crippen molar-refractivity contribution in [1.82, 2.24) is 9.62 Å². The molecule has 1 fully saturated rings. The van der Waals surface area contributed by atoms with Gasteiger partial charge in [0.2, 0.25) is 10.0 Å². The Balaban J connectivity index is 0.00000220. The number of rotatable bonds is 2. The molecule has 9 heteroatoms. The molecule has 1 aromatic rings. The van der Waals surface area contributed by atoms with Gasteiger partial charge in [-0.1, -0.05) is 0 Å². The molecule has 0 aliphatic carbocycles. The predicted molar refractivity (Wildman–Crippen MR) is 74.4 cm³/mol. The van der Waals surface area contributed by atoms with Crippen LogP contribution in [0.25, 0.3) is 0 Å². The minimum absolute atomic E-state index is 0. The molecule has 1 aliphatic rings. The van der Waals surface area contributed by atoms with E-state index in [1.54, 1.807) is 13.8 Å². The van der Waals surface area contributed by atoms with E-state index in [1.165, 1.54) is 0 Å². The quantitative estimate of drug-likeness (QED) is 0.834. The fourth-order valence-corrected chi connectivity index (χ4v) is 3.96. The summed E-state index contributed by atoms with van der Waals surface area (Å²) in [7, 11) is -4.20. The van der Waals surface area contributed by atoms with Crippen molar-refractivity contribution in [2.24, 2.45) is 0 Å². The lowest BCUT2D eigenvalue weighted by Gasteiger charge is -2.37. The summed E-state index contributed by atoms with van der Waals surface area (Å²) in [6.45, 7) is 4.03. The van der Waals surface area contributed by atoms with Gasteiger partial charge in [0.25, 0.3) is 0 Å². The van der Waals surface area contributed by atoms with Crippen molar-refractivity contribution in [1.29, 1.82) is 0 Å². The average Bonchev–Trinajstić information content (AvgIpc) is 2.38. The Morgan fingerprint density at radius 1 is 1.19 bits per heavy atom. The minimum Gasteiger partial charge on any atom is -0.311 e. The smallest absolute Gasteiger partial charge is 0.246 e. The lowest BCUT2D eigenvalue weighted by Crippen LogP contribution is -2.57. The number of nitrogens with zero attached hydrogens (tertiary/aromatic N) is 1. The Kier molecular flexibility index (Phi) is 5.65. The summed E-state index contributed by atoms with van der Waals surface area (Å²) in [4.78, 5) is -0.836. The molecule has 4 nitrogen and oxygen atoms in total. The van der Waals surface area contributed by atoms with Crippen molar-refractivity contribution in [2.75, 3.05) is 13.1 Å². The van der Waals surface area contributed by atoms with Crippen molar-refractivity contribution in [3.63, 3.8) is 0 Å². The number of sulfonamides is 1. The highest BCUT2D eigenvalue weighted by Gasteiger charge is 2.36. The van der Waals surface area contributed by atoms with Gasteiger partial charge in [0.15, 0.2) is 17.5 Å². The lowest BCUT2D eigenvalue weighted by atomic mass is 10.1. The summed E-state index contributed by atoms with van der Waals surface area (Å²) >= 11 is 0.